The molecular weight excluding hydrogens is 378 g/mol. The quantitative estimate of drug-likeness (QED) is 0.626. The second kappa shape index (κ2) is 8.71. The Hall–Kier alpha value is -2.12. The lowest BCUT2D eigenvalue weighted by Gasteiger charge is -2.13. The monoisotopic (exact) mass is 401 g/mol. The highest BCUT2D eigenvalue weighted by atomic mass is 32.2. The van der Waals surface area contributed by atoms with E-state index in [9.17, 15) is 9.59 Å². The number of amides is 1. The van der Waals surface area contributed by atoms with Crippen molar-refractivity contribution in [3.63, 3.8) is 0 Å². The van der Waals surface area contributed by atoms with Gasteiger partial charge in [-0.25, -0.2) is 4.98 Å². The number of rotatable bonds is 7. The molecule has 0 radical (unpaired) electrons. The summed E-state index contributed by atoms with van der Waals surface area (Å²) in [5.41, 5.74) is 1.78. The number of carbonyl (C=O) groups excluding carboxylic acids is 1. The fourth-order valence-electron chi connectivity index (χ4n) is 2.62. The zero-order valence-electron chi connectivity index (χ0n) is 15.6. The molecule has 0 saturated heterocycles. The number of thiophene rings is 1. The first-order valence-electron chi connectivity index (χ1n) is 8.91. The van der Waals surface area contributed by atoms with Crippen molar-refractivity contribution in [2.24, 2.45) is 5.92 Å². The van der Waals surface area contributed by atoms with Crippen LogP contribution in [0.15, 0.2) is 40.5 Å². The summed E-state index contributed by atoms with van der Waals surface area (Å²) >= 11 is 2.94. The van der Waals surface area contributed by atoms with Gasteiger partial charge in [0.05, 0.1) is 16.4 Å². The molecule has 3 aromatic rings. The second-order valence-corrected chi connectivity index (χ2v) is 8.99. The lowest BCUT2D eigenvalue weighted by atomic mass is 10.1. The maximum absolute atomic E-state index is 12.6. The zero-order chi connectivity index (χ0) is 19.4. The molecule has 1 aromatic carbocycles. The molecule has 1 atom stereocenters. The standard InChI is InChI=1S/C20H23N3O2S2/c1-12(2)9-21-18(24)13(3)26-11-16-22-19(25)17-15(10-27-20(17)23-16)14-7-5-4-6-8-14/h4-8,10,12-13H,9,11H2,1-3H3,(H,21,24)(H,22,23,25). The van der Waals surface area contributed by atoms with Crippen LogP contribution < -0.4 is 10.9 Å². The van der Waals surface area contributed by atoms with Crippen molar-refractivity contribution in [3.05, 3.63) is 51.9 Å². The van der Waals surface area contributed by atoms with E-state index in [4.69, 9.17) is 0 Å². The van der Waals surface area contributed by atoms with Crippen molar-refractivity contribution in [2.45, 2.75) is 31.8 Å². The highest BCUT2D eigenvalue weighted by Gasteiger charge is 2.16. The molecule has 0 aliphatic carbocycles. The van der Waals surface area contributed by atoms with Gasteiger partial charge in [-0.05, 0) is 18.4 Å². The summed E-state index contributed by atoms with van der Waals surface area (Å²) in [6.07, 6.45) is 0. The Morgan fingerprint density at radius 1 is 1.26 bits per heavy atom. The zero-order valence-corrected chi connectivity index (χ0v) is 17.2. The Kier molecular flexibility index (Phi) is 6.34. The number of hydrogen-bond donors (Lipinski definition) is 2. The van der Waals surface area contributed by atoms with Crippen LogP contribution >= 0.6 is 23.1 Å². The molecule has 0 aliphatic heterocycles. The third-order valence-corrected chi connectivity index (χ3v) is 6.13. The minimum atomic E-state index is -0.201. The van der Waals surface area contributed by atoms with Crippen molar-refractivity contribution in [1.82, 2.24) is 15.3 Å². The van der Waals surface area contributed by atoms with Gasteiger partial charge in [-0.15, -0.1) is 23.1 Å². The summed E-state index contributed by atoms with van der Waals surface area (Å²) in [4.78, 5) is 32.9. The van der Waals surface area contributed by atoms with Crippen LogP contribution in [-0.4, -0.2) is 27.7 Å². The lowest BCUT2D eigenvalue weighted by Crippen LogP contribution is -2.33. The maximum Gasteiger partial charge on any atom is 0.260 e. The normalized spacial score (nSPS) is 12.4. The van der Waals surface area contributed by atoms with Crippen molar-refractivity contribution in [2.75, 3.05) is 6.54 Å². The molecule has 1 amide bonds. The molecule has 2 N–H and O–H groups in total. The molecule has 0 saturated carbocycles. The second-order valence-electron chi connectivity index (χ2n) is 6.80. The number of aromatic nitrogens is 2. The van der Waals surface area contributed by atoms with Gasteiger partial charge >= 0.3 is 0 Å². The first-order valence-corrected chi connectivity index (χ1v) is 10.8. The van der Waals surface area contributed by atoms with Crippen LogP contribution in [0.5, 0.6) is 0 Å². The molecular formula is C20H23N3O2S2. The third kappa shape index (κ3) is 4.78. The van der Waals surface area contributed by atoms with Gasteiger partial charge in [0.2, 0.25) is 5.91 Å². The molecule has 1 unspecified atom stereocenters. The molecule has 142 valence electrons. The minimum absolute atomic E-state index is 0.0135. The van der Waals surface area contributed by atoms with E-state index >= 15 is 0 Å². The minimum Gasteiger partial charge on any atom is -0.355 e. The summed E-state index contributed by atoms with van der Waals surface area (Å²) in [5, 5.41) is 5.33. The first-order chi connectivity index (χ1) is 13.0. The van der Waals surface area contributed by atoms with Crippen molar-refractivity contribution in [1.29, 1.82) is 0 Å². The number of thioether (sulfide) groups is 1. The van der Waals surface area contributed by atoms with E-state index in [0.717, 1.165) is 16.0 Å². The van der Waals surface area contributed by atoms with Crippen LogP contribution in [0.3, 0.4) is 0 Å². The predicted octanol–water partition coefficient (Wildman–Crippen LogP) is 4.05. The SMILES string of the molecule is CC(C)CNC(=O)C(C)SCc1nc2scc(-c3ccccc3)c2c(=O)[nH]1. The number of hydrogen-bond acceptors (Lipinski definition) is 5. The summed E-state index contributed by atoms with van der Waals surface area (Å²) in [5.74, 6) is 1.52. The topological polar surface area (TPSA) is 74.8 Å². The van der Waals surface area contributed by atoms with Gasteiger partial charge < -0.3 is 10.3 Å². The molecule has 0 aliphatic rings. The van der Waals surface area contributed by atoms with Crippen molar-refractivity contribution < 1.29 is 4.79 Å². The Labute approximate surface area is 166 Å². The summed E-state index contributed by atoms with van der Waals surface area (Å²) in [6.45, 7) is 6.66. The van der Waals surface area contributed by atoms with Gasteiger partial charge in [-0.2, -0.15) is 0 Å². The number of aromatic amines is 1. The molecule has 5 nitrogen and oxygen atoms in total. The highest BCUT2D eigenvalue weighted by molar-refractivity contribution is 7.99. The maximum atomic E-state index is 12.6. The molecule has 0 spiro atoms. The van der Waals surface area contributed by atoms with E-state index in [1.165, 1.54) is 23.1 Å². The molecule has 27 heavy (non-hydrogen) atoms. The van der Waals surface area contributed by atoms with E-state index in [0.29, 0.717) is 29.4 Å². The Morgan fingerprint density at radius 2 is 2.00 bits per heavy atom. The van der Waals surface area contributed by atoms with Crippen LogP contribution in [0.1, 0.15) is 26.6 Å². The average molecular weight is 402 g/mol. The Bertz CT molecular complexity index is 980. The molecule has 7 heteroatoms. The fraction of sp³-hybridized carbons (Fsp3) is 0.350. The number of H-pyrrole nitrogens is 1. The van der Waals surface area contributed by atoms with E-state index < -0.39 is 0 Å². The number of fused-ring (bicyclic) bond motifs is 1. The molecule has 0 fully saturated rings. The van der Waals surface area contributed by atoms with Gasteiger partial charge in [-0.1, -0.05) is 44.2 Å². The van der Waals surface area contributed by atoms with E-state index in [1.54, 1.807) is 0 Å². The largest absolute Gasteiger partial charge is 0.355 e. The average Bonchev–Trinajstić information content (AvgIpc) is 3.09. The molecule has 0 bridgehead atoms. The van der Waals surface area contributed by atoms with Crippen molar-refractivity contribution >= 4 is 39.2 Å². The first kappa shape index (κ1) is 19.6. The molecule has 2 heterocycles. The van der Waals surface area contributed by atoms with Gasteiger partial charge in [-0.3, -0.25) is 9.59 Å². The van der Waals surface area contributed by atoms with Crippen LogP contribution in [0.2, 0.25) is 0 Å². The van der Waals surface area contributed by atoms with Crippen LogP contribution in [0, 0.1) is 5.92 Å². The molecule has 2 aromatic heterocycles. The fourth-order valence-corrected chi connectivity index (χ4v) is 4.37. The number of nitrogens with zero attached hydrogens (tertiary/aromatic N) is 1. The summed E-state index contributed by atoms with van der Waals surface area (Å²) < 4.78 is 0. The van der Waals surface area contributed by atoms with Crippen LogP contribution in [0.4, 0.5) is 0 Å². The Balaban J connectivity index is 1.74. The number of carbonyl (C=O) groups is 1. The third-order valence-electron chi connectivity index (χ3n) is 4.10. The smallest absolute Gasteiger partial charge is 0.260 e. The summed E-state index contributed by atoms with van der Waals surface area (Å²) in [6, 6.07) is 9.84. The lowest BCUT2D eigenvalue weighted by molar-refractivity contribution is -0.120. The Morgan fingerprint density at radius 3 is 2.70 bits per heavy atom. The van der Waals surface area contributed by atoms with E-state index in [2.05, 4.69) is 29.1 Å². The predicted molar refractivity (Wildman–Crippen MR) is 114 cm³/mol. The van der Waals surface area contributed by atoms with Gasteiger partial charge in [0.25, 0.3) is 5.56 Å². The van der Waals surface area contributed by atoms with Crippen molar-refractivity contribution in [3.8, 4) is 11.1 Å². The molecule has 3 rings (SSSR count). The van der Waals surface area contributed by atoms with E-state index in [1.807, 2.05) is 42.6 Å². The van der Waals surface area contributed by atoms with Gasteiger partial charge in [0.15, 0.2) is 0 Å². The van der Waals surface area contributed by atoms with Crippen LogP contribution in [-0.2, 0) is 10.5 Å². The van der Waals surface area contributed by atoms with Gasteiger partial charge in [0.1, 0.15) is 10.7 Å². The van der Waals surface area contributed by atoms with Gasteiger partial charge in [0, 0.05) is 17.5 Å². The number of nitrogens with one attached hydrogen (secondary N) is 2. The number of benzene rings is 1. The van der Waals surface area contributed by atoms with Crippen LogP contribution in [0.25, 0.3) is 21.3 Å². The summed E-state index contributed by atoms with van der Waals surface area (Å²) in [7, 11) is 0. The highest BCUT2D eigenvalue weighted by Crippen LogP contribution is 2.30. The van der Waals surface area contributed by atoms with E-state index in [-0.39, 0.29) is 16.7 Å².